The SMILES string of the molecule is CCCC(C)(CC)N1CC2(COC2)C1. The van der Waals surface area contributed by atoms with Crippen molar-refractivity contribution in [2.45, 2.75) is 45.6 Å². The molecule has 82 valence electrons. The summed E-state index contributed by atoms with van der Waals surface area (Å²) in [6.45, 7) is 11.6. The zero-order chi connectivity index (χ0) is 10.2. The molecule has 0 aromatic rings. The quantitative estimate of drug-likeness (QED) is 0.685. The highest BCUT2D eigenvalue weighted by atomic mass is 16.5. The second-order valence-electron chi connectivity index (χ2n) is 5.45. The van der Waals surface area contributed by atoms with E-state index >= 15 is 0 Å². The van der Waals surface area contributed by atoms with Crippen molar-refractivity contribution < 1.29 is 4.74 Å². The van der Waals surface area contributed by atoms with E-state index in [4.69, 9.17) is 4.74 Å². The third-order valence-electron chi connectivity index (χ3n) is 4.18. The molecule has 2 rings (SSSR count). The zero-order valence-electron chi connectivity index (χ0n) is 9.81. The van der Waals surface area contributed by atoms with Crippen molar-refractivity contribution in [3.63, 3.8) is 0 Å². The van der Waals surface area contributed by atoms with Gasteiger partial charge in [-0.3, -0.25) is 4.90 Å². The van der Waals surface area contributed by atoms with Gasteiger partial charge in [0, 0.05) is 24.0 Å². The number of nitrogens with zero attached hydrogens (tertiary/aromatic N) is 1. The summed E-state index contributed by atoms with van der Waals surface area (Å²) in [4.78, 5) is 2.67. The maximum absolute atomic E-state index is 5.31. The van der Waals surface area contributed by atoms with Crippen LogP contribution in [0.2, 0.25) is 0 Å². The highest BCUT2D eigenvalue weighted by molar-refractivity contribution is 5.04. The lowest BCUT2D eigenvalue weighted by molar-refractivity contribution is -0.212. The highest BCUT2D eigenvalue weighted by Crippen LogP contribution is 2.43. The lowest BCUT2D eigenvalue weighted by Crippen LogP contribution is -2.70. The van der Waals surface area contributed by atoms with Gasteiger partial charge in [-0.15, -0.1) is 0 Å². The van der Waals surface area contributed by atoms with Gasteiger partial charge in [0.15, 0.2) is 0 Å². The van der Waals surface area contributed by atoms with Gasteiger partial charge >= 0.3 is 0 Å². The highest BCUT2D eigenvalue weighted by Gasteiger charge is 2.52. The molecule has 2 heteroatoms. The molecule has 1 spiro atoms. The lowest BCUT2D eigenvalue weighted by Gasteiger charge is -2.61. The minimum absolute atomic E-state index is 0.454. The van der Waals surface area contributed by atoms with Gasteiger partial charge in [-0.25, -0.2) is 0 Å². The Morgan fingerprint density at radius 1 is 1.29 bits per heavy atom. The van der Waals surface area contributed by atoms with E-state index in [2.05, 4.69) is 25.7 Å². The van der Waals surface area contributed by atoms with Crippen LogP contribution >= 0.6 is 0 Å². The molecule has 1 atom stereocenters. The fourth-order valence-corrected chi connectivity index (χ4v) is 2.82. The van der Waals surface area contributed by atoms with Crippen molar-refractivity contribution in [2.24, 2.45) is 5.41 Å². The number of rotatable bonds is 4. The summed E-state index contributed by atoms with van der Waals surface area (Å²) in [6.07, 6.45) is 3.91. The number of hydrogen-bond acceptors (Lipinski definition) is 2. The van der Waals surface area contributed by atoms with E-state index in [1.165, 1.54) is 32.4 Å². The maximum Gasteiger partial charge on any atom is 0.0569 e. The molecule has 1 unspecified atom stereocenters. The molecule has 0 saturated carbocycles. The molecule has 2 heterocycles. The van der Waals surface area contributed by atoms with Crippen LogP contribution in [0.25, 0.3) is 0 Å². The van der Waals surface area contributed by atoms with E-state index in [1.54, 1.807) is 0 Å². The maximum atomic E-state index is 5.31. The van der Waals surface area contributed by atoms with Gasteiger partial charge in [-0.2, -0.15) is 0 Å². The smallest absolute Gasteiger partial charge is 0.0569 e. The molecule has 0 aromatic carbocycles. The molecule has 2 nitrogen and oxygen atoms in total. The summed E-state index contributed by atoms with van der Waals surface area (Å²) in [5, 5.41) is 0. The first-order valence-electron chi connectivity index (χ1n) is 5.97. The fraction of sp³-hybridized carbons (Fsp3) is 1.00. The van der Waals surface area contributed by atoms with Gasteiger partial charge in [0.1, 0.15) is 0 Å². The minimum atomic E-state index is 0.454. The largest absolute Gasteiger partial charge is 0.380 e. The van der Waals surface area contributed by atoms with Gasteiger partial charge in [-0.05, 0) is 19.8 Å². The number of likely N-dealkylation sites (tertiary alicyclic amines) is 1. The molecule has 0 bridgehead atoms. The van der Waals surface area contributed by atoms with Crippen molar-refractivity contribution in [1.82, 2.24) is 4.90 Å². The van der Waals surface area contributed by atoms with Crippen LogP contribution in [0.15, 0.2) is 0 Å². The van der Waals surface area contributed by atoms with Crippen molar-refractivity contribution >= 4 is 0 Å². The van der Waals surface area contributed by atoms with E-state index in [1.807, 2.05) is 0 Å². The van der Waals surface area contributed by atoms with Crippen LogP contribution in [-0.2, 0) is 4.74 Å². The van der Waals surface area contributed by atoms with E-state index in [0.717, 1.165) is 13.2 Å². The van der Waals surface area contributed by atoms with E-state index in [0.29, 0.717) is 11.0 Å². The third-order valence-corrected chi connectivity index (χ3v) is 4.18. The van der Waals surface area contributed by atoms with Crippen LogP contribution in [0.4, 0.5) is 0 Å². The fourth-order valence-electron chi connectivity index (χ4n) is 2.82. The van der Waals surface area contributed by atoms with E-state index in [-0.39, 0.29) is 0 Å². The topological polar surface area (TPSA) is 12.5 Å². The molecule has 0 amide bonds. The molecule has 14 heavy (non-hydrogen) atoms. The van der Waals surface area contributed by atoms with Crippen LogP contribution in [0.5, 0.6) is 0 Å². The predicted octanol–water partition coefficient (Wildman–Crippen LogP) is 2.29. The number of ether oxygens (including phenoxy) is 1. The average molecular weight is 197 g/mol. The standard InChI is InChI=1S/C12H23NO/c1-4-6-11(3,5-2)13-7-12(8-13)9-14-10-12/h4-10H2,1-3H3. The Morgan fingerprint density at radius 3 is 2.29 bits per heavy atom. The molecule has 0 aromatic heterocycles. The Bertz CT molecular complexity index is 204. The summed E-state index contributed by atoms with van der Waals surface area (Å²) in [7, 11) is 0. The number of hydrogen-bond donors (Lipinski definition) is 0. The average Bonchev–Trinajstić information content (AvgIpc) is 1.99. The van der Waals surface area contributed by atoms with Crippen molar-refractivity contribution in [2.75, 3.05) is 26.3 Å². The van der Waals surface area contributed by atoms with E-state index < -0.39 is 0 Å². The van der Waals surface area contributed by atoms with Crippen LogP contribution in [0.3, 0.4) is 0 Å². The Morgan fingerprint density at radius 2 is 1.93 bits per heavy atom. The van der Waals surface area contributed by atoms with Gasteiger partial charge < -0.3 is 4.74 Å². The lowest BCUT2D eigenvalue weighted by atomic mass is 9.73. The zero-order valence-corrected chi connectivity index (χ0v) is 9.81. The van der Waals surface area contributed by atoms with E-state index in [9.17, 15) is 0 Å². The molecule has 0 radical (unpaired) electrons. The third kappa shape index (κ3) is 1.49. The second-order valence-corrected chi connectivity index (χ2v) is 5.45. The summed E-state index contributed by atoms with van der Waals surface area (Å²) in [5.41, 5.74) is 1.03. The molecule has 0 aliphatic carbocycles. The van der Waals surface area contributed by atoms with Crippen molar-refractivity contribution in [3.05, 3.63) is 0 Å². The molecular weight excluding hydrogens is 174 g/mol. The van der Waals surface area contributed by atoms with Crippen molar-refractivity contribution in [3.8, 4) is 0 Å². The summed E-state index contributed by atoms with van der Waals surface area (Å²) in [5.74, 6) is 0. The predicted molar refractivity (Wildman–Crippen MR) is 58.4 cm³/mol. The normalized spacial score (nSPS) is 29.4. The van der Waals surface area contributed by atoms with Crippen molar-refractivity contribution in [1.29, 1.82) is 0 Å². The first-order valence-corrected chi connectivity index (χ1v) is 5.97. The van der Waals surface area contributed by atoms with Gasteiger partial charge in [0.25, 0.3) is 0 Å². The first kappa shape index (κ1) is 10.4. The molecule has 0 N–H and O–H groups in total. The molecule has 2 aliphatic rings. The molecule has 2 fully saturated rings. The van der Waals surface area contributed by atoms with Gasteiger partial charge in [0.2, 0.25) is 0 Å². The Hall–Kier alpha value is -0.0800. The Balaban J connectivity index is 1.88. The van der Waals surface area contributed by atoms with Crippen LogP contribution in [-0.4, -0.2) is 36.7 Å². The van der Waals surface area contributed by atoms with Crippen LogP contribution < -0.4 is 0 Å². The Kier molecular flexibility index (Phi) is 2.61. The monoisotopic (exact) mass is 197 g/mol. The summed E-state index contributed by atoms with van der Waals surface area (Å²) >= 11 is 0. The summed E-state index contributed by atoms with van der Waals surface area (Å²) in [6, 6.07) is 0. The molecule has 2 saturated heterocycles. The Labute approximate surface area is 87.6 Å². The second kappa shape index (κ2) is 3.49. The molecule has 2 aliphatic heterocycles. The summed E-state index contributed by atoms with van der Waals surface area (Å²) < 4.78 is 5.31. The van der Waals surface area contributed by atoms with Crippen LogP contribution in [0, 0.1) is 5.41 Å². The minimum Gasteiger partial charge on any atom is -0.380 e. The van der Waals surface area contributed by atoms with Crippen LogP contribution in [0.1, 0.15) is 40.0 Å². The van der Waals surface area contributed by atoms with Gasteiger partial charge in [-0.1, -0.05) is 20.3 Å². The van der Waals surface area contributed by atoms with Gasteiger partial charge in [0.05, 0.1) is 13.2 Å². The molecular formula is C12H23NO. The first-order chi connectivity index (χ1) is 6.64.